The Hall–Kier alpha value is 0.672. The molecule has 0 rings (SSSR count). The van der Waals surface area contributed by atoms with Gasteiger partial charge in [0.15, 0.2) is 17.4 Å². The van der Waals surface area contributed by atoms with Crippen molar-refractivity contribution in [1.29, 1.82) is 0 Å². The molecule has 0 heterocycles. The van der Waals surface area contributed by atoms with E-state index in [0.717, 1.165) is 0 Å². The summed E-state index contributed by atoms with van der Waals surface area (Å²) in [6.07, 6.45) is -1.83. The maximum absolute atomic E-state index is 8.74. The molecule has 7 nitrogen and oxygen atoms in total. The predicted octanol–water partition coefficient (Wildman–Crippen LogP) is -4.50. The molecule has 0 aliphatic carbocycles. The topological polar surface area (TPSA) is 132 Å². The van der Waals surface area contributed by atoms with E-state index in [1.165, 1.54) is 0 Å². The molecule has 0 atom stereocenters. The predicted molar refractivity (Wildman–Crippen MR) is 35.9 cm³/mol. The number of hydrogen-bond acceptors (Lipinski definition) is 3. The first-order valence-corrected chi connectivity index (χ1v) is 2.75. The molecule has 0 fully saturated rings. The second-order valence-electron chi connectivity index (χ2n) is 0.730. The molecule has 11 heavy (non-hydrogen) atoms. The van der Waals surface area contributed by atoms with Crippen molar-refractivity contribution in [2.75, 3.05) is 0 Å². The van der Waals surface area contributed by atoms with Gasteiger partial charge in [0.1, 0.15) is 0 Å². The third-order valence-electron chi connectivity index (χ3n) is 0. The molecule has 0 bridgehead atoms. The molecule has 0 amide bonds. The second-order valence-corrected chi connectivity index (χ2v) is 1.63. The summed E-state index contributed by atoms with van der Waals surface area (Å²) < 4.78 is 31.6. The average molecular weight is 214 g/mol. The van der Waals surface area contributed by atoms with Gasteiger partial charge in [-0.15, -0.1) is 0 Å². The van der Waals surface area contributed by atoms with E-state index < -0.39 is 16.6 Å². The zero-order valence-electron chi connectivity index (χ0n) is 5.92. The molecule has 0 aliphatic rings. The molecule has 0 unspecified atom stereocenters. The van der Waals surface area contributed by atoms with Crippen molar-refractivity contribution in [3.63, 3.8) is 0 Å². The third kappa shape index (κ3) is 1780. The number of carbonyl (C=O) groups is 1. The summed E-state index contributed by atoms with van der Waals surface area (Å²) in [6, 6.07) is 0. The molecular weight excluding hydrogens is 206 g/mol. The van der Waals surface area contributed by atoms with Crippen LogP contribution in [-0.4, -0.2) is 51.3 Å². The summed E-state index contributed by atoms with van der Waals surface area (Å²) in [7, 11) is -4.67. The molecule has 0 aromatic heterocycles. The van der Waals surface area contributed by atoms with E-state index >= 15 is 0 Å². The van der Waals surface area contributed by atoms with Crippen LogP contribution in [0.25, 0.3) is 0 Å². The van der Waals surface area contributed by atoms with E-state index in [1.807, 2.05) is 0 Å². The van der Waals surface area contributed by atoms with Crippen molar-refractivity contribution < 1.29 is 63.5 Å². The van der Waals surface area contributed by atoms with Crippen LogP contribution in [0.3, 0.4) is 0 Å². The van der Waals surface area contributed by atoms with E-state index in [4.69, 9.17) is 32.5 Å². The Morgan fingerprint density at radius 2 is 1.18 bits per heavy atom. The molecular formula is CH8AlNaO7S. The quantitative estimate of drug-likeness (QED) is 0.236. The number of rotatable bonds is 0. The molecule has 0 saturated carbocycles. The largest absolute Gasteiger partial charge is 1.00 e. The Labute approximate surface area is 96.9 Å². The van der Waals surface area contributed by atoms with Crippen molar-refractivity contribution in [1.82, 2.24) is 0 Å². The normalized spacial score (nSPS) is 7.45. The van der Waals surface area contributed by atoms with Crippen LogP contribution >= 0.6 is 0 Å². The van der Waals surface area contributed by atoms with Crippen molar-refractivity contribution >= 4 is 33.9 Å². The van der Waals surface area contributed by atoms with Gasteiger partial charge in [-0.3, -0.25) is 9.11 Å². The Balaban J connectivity index is -0.0000000221. The van der Waals surface area contributed by atoms with E-state index in [0.29, 0.717) is 0 Å². The van der Waals surface area contributed by atoms with Crippen LogP contribution in [0.5, 0.6) is 0 Å². The van der Waals surface area contributed by atoms with Crippen LogP contribution in [-0.2, 0) is 10.4 Å². The SMILES string of the molecule is O=C(O)O.O=S(=O)(O)O.[AlH3].[H-].[Na+]. The molecule has 64 valence electrons. The smallest absolute Gasteiger partial charge is 1.00 e. The van der Waals surface area contributed by atoms with Crippen molar-refractivity contribution in [2.45, 2.75) is 0 Å². The van der Waals surface area contributed by atoms with E-state index in [1.54, 1.807) is 0 Å². The van der Waals surface area contributed by atoms with Gasteiger partial charge >= 0.3 is 46.1 Å². The fourth-order valence-electron chi connectivity index (χ4n) is 0. The summed E-state index contributed by atoms with van der Waals surface area (Å²) in [5.74, 6) is 0. The summed E-state index contributed by atoms with van der Waals surface area (Å²) in [5, 5.41) is 13.9. The first-order valence-electron chi connectivity index (χ1n) is 1.35. The van der Waals surface area contributed by atoms with Crippen LogP contribution in [0.2, 0.25) is 0 Å². The second kappa shape index (κ2) is 10.7. The van der Waals surface area contributed by atoms with Crippen LogP contribution in [0.4, 0.5) is 4.79 Å². The Bertz CT molecular complexity index is 166. The molecule has 0 radical (unpaired) electrons. The van der Waals surface area contributed by atoms with Gasteiger partial charge < -0.3 is 11.6 Å². The average Bonchev–Trinajstić information content (AvgIpc) is 1.19. The maximum atomic E-state index is 8.74. The monoisotopic (exact) mass is 214 g/mol. The zero-order chi connectivity index (χ0) is 8.08. The Kier molecular flexibility index (Phi) is 21.9. The Morgan fingerprint density at radius 3 is 1.18 bits per heavy atom. The van der Waals surface area contributed by atoms with Gasteiger partial charge in [-0.2, -0.15) is 8.42 Å². The van der Waals surface area contributed by atoms with Crippen molar-refractivity contribution in [3.05, 3.63) is 0 Å². The van der Waals surface area contributed by atoms with Crippen LogP contribution < -0.4 is 29.6 Å². The van der Waals surface area contributed by atoms with Gasteiger partial charge in [0.2, 0.25) is 0 Å². The van der Waals surface area contributed by atoms with Crippen molar-refractivity contribution in [3.8, 4) is 0 Å². The summed E-state index contributed by atoms with van der Waals surface area (Å²) >= 11 is 0. The molecule has 0 saturated heterocycles. The molecule has 0 aromatic rings. The molecule has 10 heteroatoms. The molecule has 0 aliphatic heterocycles. The fraction of sp³-hybridized carbons (Fsp3) is 0. The zero-order valence-corrected chi connectivity index (χ0v) is 7.74. The molecule has 0 spiro atoms. The van der Waals surface area contributed by atoms with Crippen LogP contribution in [0, 0.1) is 0 Å². The summed E-state index contributed by atoms with van der Waals surface area (Å²) in [6.45, 7) is 0. The fourth-order valence-corrected chi connectivity index (χ4v) is 0. The summed E-state index contributed by atoms with van der Waals surface area (Å²) in [5.41, 5.74) is 0. The molecule has 4 N–H and O–H groups in total. The third-order valence-corrected chi connectivity index (χ3v) is 0. The van der Waals surface area contributed by atoms with Crippen LogP contribution in [0.15, 0.2) is 0 Å². The standard InChI is InChI=1S/CH2O3.Al.Na.H2O4S.4H/c2-1(3)4;;;1-5(2,3)4;;;;/h(H2,2,3,4);;;(H2,1,2,3,4);;;;/q;;+1;;;;;-1. The van der Waals surface area contributed by atoms with Gasteiger partial charge in [0.25, 0.3) is 0 Å². The maximum Gasteiger partial charge on any atom is 1.00 e. The van der Waals surface area contributed by atoms with E-state index in [-0.39, 0.29) is 48.3 Å². The van der Waals surface area contributed by atoms with Gasteiger partial charge in [0.05, 0.1) is 0 Å². The number of carboxylic acid groups (broad SMARTS) is 2. The van der Waals surface area contributed by atoms with E-state index in [9.17, 15) is 0 Å². The molecule has 0 aromatic carbocycles. The minimum absolute atomic E-state index is 0. The minimum Gasteiger partial charge on any atom is -1.00 e. The van der Waals surface area contributed by atoms with Gasteiger partial charge in [-0.05, 0) is 0 Å². The first-order chi connectivity index (χ1) is 3.73. The van der Waals surface area contributed by atoms with Crippen LogP contribution in [0.1, 0.15) is 1.43 Å². The first kappa shape index (κ1) is 22.6. The van der Waals surface area contributed by atoms with Gasteiger partial charge in [0, 0.05) is 0 Å². The minimum atomic E-state index is -4.67. The van der Waals surface area contributed by atoms with Gasteiger partial charge in [-0.1, -0.05) is 0 Å². The van der Waals surface area contributed by atoms with Crippen molar-refractivity contribution in [2.24, 2.45) is 0 Å². The Morgan fingerprint density at radius 1 is 1.18 bits per heavy atom. The van der Waals surface area contributed by atoms with E-state index in [2.05, 4.69) is 0 Å². The van der Waals surface area contributed by atoms with Gasteiger partial charge in [-0.25, -0.2) is 4.79 Å². The number of hydrogen-bond donors (Lipinski definition) is 4. The summed E-state index contributed by atoms with van der Waals surface area (Å²) in [4.78, 5) is 8.56.